The highest BCUT2D eigenvalue weighted by Gasteiger charge is 2.10. The average Bonchev–Trinajstić information content (AvgIpc) is 3.45. The molecule has 2 N–H and O–H groups in total. The van der Waals surface area contributed by atoms with E-state index >= 15 is 0 Å². The fourth-order valence-electron chi connectivity index (χ4n) is 4.46. The number of hydrogen-bond donors (Lipinski definition) is 2. The molecule has 10 heteroatoms. The summed E-state index contributed by atoms with van der Waals surface area (Å²) in [4.78, 5) is 13.4. The summed E-state index contributed by atoms with van der Waals surface area (Å²) in [5, 5.41) is 15.9. The molecule has 0 radical (unpaired) electrons. The van der Waals surface area contributed by atoms with Crippen molar-refractivity contribution in [3.05, 3.63) is 96.8 Å². The van der Waals surface area contributed by atoms with E-state index in [1.165, 1.54) is 5.56 Å². The number of ether oxygens (including phenoxy) is 1. The summed E-state index contributed by atoms with van der Waals surface area (Å²) < 4.78 is 7.75. The van der Waals surface area contributed by atoms with Crippen LogP contribution in [-0.2, 0) is 6.54 Å². The molecule has 3 heterocycles. The molecule has 0 aliphatic rings. The largest absolute Gasteiger partial charge is 0.439 e. The first-order valence-electron chi connectivity index (χ1n) is 12.9. The zero-order valence-electron chi connectivity index (χ0n) is 22.2. The van der Waals surface area contributed by atoms with Crippen LogP contribution in [0.4, 0.5) is 11.5 Å². The first kappa shape index (κ1) is 25.7. The molecule has 0 aliphatic carbocycles. The van der Waals surface area contributed by atoms with E-state index in [1.54, 1.807) is 29.4 Å². The molecule has 0 aliphatic heterocycles. The summed E-state index contributed by atoms with van der Waals surface area (Å²) in [5.74, 6) is 3.01. The molecule has 0 saturated carbocycles. The number of anilines is 2. The van der Waals surface area contributed by atoms with Crippen molar-refractivity contribution in [3.63, 3.8) is 0 Å². The molecule has 6 aromatic rings. The molecule has 200 valence electrons. The number of thioether (sulfide) groups is 1. The number of rotatable bonds is 10. The molecule has 9 nitrogen and oxygen atoms in total. The second-order valence-electron chi connectivity index (χ2n) is 9.36. The van der Waals surface area contributed by atoms with Gasteiger partial charge in [-0.05, 0) is 71.8 Å². The lowest BCUT2D eigenvalue weighted by atomic mass is 10.0. The van der Waals surface area contributed by atoms with E-state index in [0.29, 0.717) is 17.3 Å². The van der Waals surface area contributed by atoms with E-state index in [2.05, 4.69) is 78.4 Å². The van der Waals surface area contributed by atoms with Gasteiger partial charge in [-0.15, -0.1) is 10.2 Å². The summed E-state index contributed by atoms with van der Waals surface area (Å²) in [6, 6.07) is 22.6. The minimum atomic E-state index is 0.457. The molecule has 0 atom stereocenters. The van der Waals surface area contributed by atoms with Gasteiger partial charge in [-0.1, -0.05) is 24.3 Å². The van der Waals surface area contributed by atoms with Gasteiger partial charge < -0.3 is 15.4 Å². The van der Waals surface area contributed by atoms with Crippen molar-refractivity contribution in [2.24, 2.45) is 0 Å². The third-order valence-electron chi connectivity index (χ3n) is 6.52. The highest BCUT2D eigenvalue weighted by molar-refractivity contribution is 7.98. The van der Waals surface area contributed by atoms with Gasteiger partial charge in [-0.2, -0.15) is 11.8 Å². The summed E-state index contributed by atoms with van der Waals surface area (Å²) in [7, 11) is 0. The minimum Gasteiger partial charge on any atom is -0.439 e. The number of benzene rings is 3. The van der Waals surface area contributed by atoms with Crippen LogP contribution in [0.5, 0.6) is 11.6 Å². The molecule has 0 fully saturated rings. The Morgan fingerprint density at radius 1 is 0.925 bits per heavy atom. The number of aryl methyl sites for hydroxylation is 1. The van der Waals surface area contributed by atoms with Crippen LogP contribution in [0.25, 0.3) is 27.7 Å². The molecular weight excluding hydrogens is 520 g/mol. The minimum absolute atomic E-state index is 0.457. The van der Waals surface area contributed by atoms with Crippen molar-refractivity contribution in [3.8, 4) is 22.8 Å². The van der Waals surface area contributed by atoms with Gasteiger partial charge in [0.1, 0.15) is 30.5 Å². The molecule has 0 amide bonds. The van der Waals surface area contributed by atoms with Gasteiger partial charge >= 0.3 is 0 Å². The highest BCUT2D eigenvalue weighted by atomic mass is 32.2. The molecule has 0 unspecified atom stereocenters. The van der Waals surface area contributed by atoms with Crippen molar-refractivity contribution >= 4 is 39.8 Å². The van der Waals surface area contributed by atoms with Crippen LogP contribution in [0, 0.1) is 6.92 Å². The number of fused-ring (bicyclic) bond motifs is 2. The van der Waals surface area contributed by atoms with Crippen LogP contribution in [0.3, 0.4) is 0 Å². The molecule has 0 saturated heterocycles. The zero-order valence-corrected chi connectivity index (χ0v) is 23.0. The van der Waals surface area contributed by atoms with E-state index in [9.17, 15) is 0 Å². The van der Waals surface area contributed by atoms with Crippen LogP contribution in [-0.4, -0.2) is 48.1 Å². The maximum Gasteiger partial charge on any atom is 0.224 e. The quantitative estimate of drug-likeness (QED) is 0.199. The fraction of sp³-hybridized carbons (Fsp3) is 0.167. The Kier molecular flexibility index (Phi) is 7.51. The summed E-state index contributed by atoms with van der Waals surface area (Å²) >= 11 is 1.85. The van der Waals surface area contributed by atoms with Gasteiger partial charge in [0.05, 0.1) is 5.52 Å². The lowest BCUT2D eigenvalue weighted by molar-refractivity contribution is 0.458. The topological polar surface area (TPSA) is 102 Å². The van der Waals surface area contributed by atoms with E-state index in [1.807, 2.05) is 43.0 Å². The van der Waals surface area contributed by atoms with Crippen LogP contribution < -0.4 is 15.4 Å². The van der Waals surface area contributed by atoms with Crippen LogP contribution >= 0.6 is 11.8 Å². The monoisotopic (exact) mass is 548 g/mol. The molecule has 0 spiro atoms. The summed E-state index contributed by atoms with van der Waals surface area (Å²) in [6.45, 7) is 3.84. The van der Waals surface area contributed by atoms with Crippen molar-refractivity contribution in [2.75, 3.05) is 23.9 Å². The Hall–Kier alpha value is -4.54. The second-order valence-corrected chi connectivity index (χ2v) is 10.3. The van der Waals surface area contributed by atoms with Gasteiger partial charge in [0.2, 0.25) is 5.88 Å². The van der Waals surface area contributed by atoms with E-state index in [-0.39, 0.29) is 0 Å². The van der Waals surface area contributed by atoms with Crippen LogP contribution in [0.2, 0.25) is 0 Å². The standard InChI is InChI=1S/C30H28N8OS/c1-20-12-24(7-9-27(20)39-29-15-28-37-35-19-38(28)18-34-29)36-30-25-14-23(6-8-26(25)32-17-33-30)22-5-3-4-21(13-22)16-31-10-11-40-2/h3-9,12-15,17-19,31H,10-11,16H2,1-2H3,(H,32,33,36). The van der Waals surface area contributed by atoms with Crippen molar-refractivity contribution in [2.45, 2.75) is 13.5 Å². The Morgan fingerprint density at radius 2 is 1.85 bits per heavy atom. The Morgan fingerprint density at radius 3 is 2.75 bits per heavy atom. The third kappa shape index (κ3) is 5.73. The fourth-order valence-corrected chi connectivity index (χ4v) is 4.81. The normalized spacial score (nSPS) is 11.2. The maximum atomic E-state index is 6.02. The maximum absolute atomic E-state index is 6.02. The third-order valence-corrected chi connectivity index (χ3v) is 7.14. The summed E-state index contributed by atoms with van der Waals surface area (Å²) in [6.07, 6.45) is 6.94. The molecule has 0 bridgehead atoms. The number of hydrogen-bond acceptors (Lipinski definition) is 9. The predicted octanol–water partition coefficient (Wildman–Crippen LogP) is 6.03. The van der Waals surface area contributed by atoms with Gasteiger partial charge in [-0.3, -0.25) is 4.40 Å². The van der Waals surface area contributed by atoms with E-state index < -0.39 is 0 Å². The molecule has 3 aromatic carbocycles. The van der Waals surface area contributed by atoms with Gasteiger partial charge in [0.15, 0.2) is 5.65 Å². The van der Waals surface area contributed by atoms with Gasteiger partial charge in [-0.25, -0.2) is 15.0 Å². The first-order valence-corrected chi connectivity index (χ1v) is 14.3. The lowest BCUT2D eigenvalue weighted by Crippen LogP contribution is -2.16. The van der Waals surface area contributed by atoms with Gasteiger partial charge in [0.25, 0.3) is 0 Å². The SMILES string of the molecule is CSCCNCc1cccc(-c2ccc3ncnc(Nc4ccc(Oc5cc6nncn6cn5)c(C)c4)c3c2)c1. The van der Waals surface area contributed by atoms with E-state index in [4.69, 9.17) is 4.74 Å². The van der Waals surface area contributed by atoms with Crippen molar-refractivity contribution in [1.82, 2.24) is 34.9 Å². The molecule has 3 aromatic heterocycles. The van der Waals surface area contributed by atoms with Crippen LogP contribution in [0.1, 0.15) is 11.1 Å². The number of nitrogens with zero attached hydrogens (tertiary/aromatic N) is 6. The number of aromatic nitrogens is 6. The van der Waals surface area contributed by atoms with Crippen LogP contribution in [0.15, 0.2) is 85.7 Å². The second kappa shape index (κ2) is 11.7. The lowest BCUT2D eigenvalue weighted by Gasteiger charge is -2.13. The van der Waals surface area contributed by atoms with Gasteiger partial charge in [0, 0.05) is 36.0 Å². The predicted molar refractivity (Wildman–Crippen MR) is 160 cm³/mol. The number of nitrogens with one attached hydrogen (secondary N) is 2. The summed E-state index contributed by atoms with van der Waals surface area (Å²) in [5.41, 5.74) is 6.94. The Balaban J connectivity index is 1.22. The smallest absolute Gasteiger partial charge is 0.224 e. The van der Waals surface area contributed by atoms with Crippen molar-refractivity contribution < 1.29 is 4.74 Å². The Bertz CT molecular complexity index is 1790. The van der Waals surface area contributed by atoms with E-state index in [0.717, 1.165) is 57.9 Å². The Labute approximate surface area is 236 Å². The first-order chi connectivity index (χ1) is 19.7. The molecular formula is C30H28N8OS. The highest BCUT2D eigenvalue weighted by Crippen LogP contribution is 2.31. The average molecular weight is 549 g/mol. The molecule has 6 rings (SSSR count). The molecule has 40 heavy (non-hydrogen) atoms. The van der Waals surface area contributed by atoms with Crippen molar-refractivity contribution in [1.29, 1.82) is 0 Å². The zero-order chi connectivity index (χ0) is 27.3.